The van der Waals surface area contributed by atoms with Gasteiger partial charge in [0.1, 0.15) is 29.1 Å². The molecule has 1 atom stereocenters. The average molecular weight is 501 g/mol. The number of hydrogen-bond acceptors (Lipinski definition) is 8. The summed E-state index contributed by atoms with van der Waals surface area (Å²) in [5.74, 6) is 0.352. The number of hydrogen-bond donors (Lipinski definition) is 2. The molecule has 9 nitrogen and oxygen atoms in total. The maximum Gasteiger partial charge on any atom is 0.417 e. The van der Waals surface area contributed by atoms with Crippen LogP contribution >= 0.6 is 11.6 Å². The van der Waals surface area contributed by atoms with Crippen LogP contribution in [0.25, 0.3) is 16.6 Å². The molecule has 0 aliphatic heterocycles. The second-order valence-corrected chi connectivity index (χ2v) is 7.94. The third kappa shape index (κ3) is 4.45. The quantitative estimate of drug-likeness (QED) is 0.426. The van der Waals surface area contributed by atoms with Crippen LogP contribution in [0.4, 0.5) is 24.8 Å². The number of nitrogens with one attached hydrogen (secondary N) is 1. The number of aryl methyl sites for hydroxylation is 1. The number of benzene rings is 1. The van der Waals surface area contributed by atoms with E-state index < -0.39 is 23.3 Å². The van der Waals surface area contributed by atoms with Crippen molar-refractivity contribution in [2.45, 2.75) is 26.1 Å². The number of anilines is 2. The van der Waals surface area contributed by atoms with Gasteiger partial charge in [0.2, 0.25) is 0 Å². The van der Waals surface area contributed by atoms with Gasteiger partial charge >= 0.3 is 6.18 Å². The number of alkyl halides is 3. The topological polar surface area (TPSA) is 135 Å². The molecule has 3 aromatic heterocycles. The molecule has 13 heteroatoms. The smallest absolute Gasteiger partial charge is 0.382 e. The van der Waals surface area contributed by atoms with Crippen LogP contribution in [0.1, 0.15) is 35.7 Å². The summed E-state index contributed by atoms with van der Waals surface area (Å²) < 4.78 is 41.1. The van der Waals surface area contributed by atoms with Crippen LogP contribution in [0, 0.1) is 18.3 Å². The normalized spacial score (nSPS) is 12.4. The first-order chi connectivity index (χ1) is 16.5. The molecule has 178 valence electrons. The molecular weight excluding hydrogens is 485 g/mol. The molecule has 0 aliphatic rings. The number of halogens is 4. The number of nitrogen functional groups attached to an aromatic ring is 1. The average Bonchev–Trinajstić information content (AvgIpc) is 2.78. The van der Waals surface area contributed by atoms with Crippen LogP contribution in [0.3, 0.4) is 0 Å². The van der Waals surface area contributed by atoms with E-state index in [1.165, 1.54) is 6.07 Å². The largest absolute Gasteiger partial charge is 0.417 e. The fraction of sp³-hybridized carbons (Fsp3) is 0.182. The van der Waals surface area contributed by atoms with Gasteiger partial charge in [-0.05, 0) is 32.0 Å². The maximum atomic E-state index is 13.5. The first-order valence-corrected chi connectivity index (χ1v) is 10.4. The summed E-state index contributed by atoms with van der Waals surface area (Å²) in [6, 6.07) is 6.51. The highest BCUT2D eigenvalue weighted by Crippen LogP contribution is 2.31. The summed E-state index contributed by atoms with van der Waals surface area (Å²) in [5, 5.41) is 12.6. The Morgan fingerprint density at radius 2 is 1.97 bits per heavy atom. The Labute approximate surface area is 201 Å². The summed E-state index contributed by atoms with van der Waals surface area (Å²) in [7, 11) is 0. The molecule has 0 spiro atoms. The van der Waals surface area contributed by atoms with Crippen molar-refractivity contribution >= 4 is 34.1 Å². The van der Waals surface area contributed by atoms with Gasteiger partial charge in [0, 0.05) is 6.20 Å². The molecular formula is C22H16ClF3N8O. The van der Waals surface area contributed by atoms with Crippen LogP contribution in [0.2, 0.25) is 5.02 Å². The first-order valence-electron chi connectivity index (χ1n) is 10.1. The molecule has 0 saturated heterocycles. The lowest BCUT2D eigenvalue weighted by molar-refractivity contribution is -0.137. The van der Waals surface area contributed by atoms with Crippen LogP contribution in [-0.2, 0) is 6.18 Å². The summed E-state index contributed by atoms with van der Waals surface area (Å²) in [4.78, 5) is 29.8. The molecule has 0 unspecified atom stereocenters. The Kier molecular flexibility index (Phi) is 6.04. The monoisotopic (exact) mass is 500 g/mol. The SMILES string of the molecule is Cc1nc(N)c(C#N)c(N[C@@H](C)c2nc3cccc(Cl)c3c(=O)n2-c2cncc(C(F)(F)F)c2)n1. The predicted octanol–water partition coefficient (Wildman–Crippen LogP) is 4.18. The fourth-order valence-corrected chi connectivity index (χ4v) is 3.78. The Balaban J connectivity index is 1.97. The summed E-state index contributed by atoms with van der Waals surface area (Å²) in [6.07, 6.45) is -2.91. The number of aromatic nitrogens is 5. The molecule has 0 saturated carbocycles. The Hall–Kier alpha value is -4.24. The maximum absolute atomic E-state index is 13.5. The standard InChI is InChI=1S/C22H16ClF3N8O/c1-10(30-19-14(7-27)18(28)31-11(2)32-19)20-33-16-5-3-4-15(23)17(16)21(35)34(20)13-6-12(8-29-9-13)22(24,25)26/h3-6,8-10H,1-2H3,(H3,28,30,31,32)/t10-/m0/s1. The van der Waals surface area contributed by atoms with Gasteiger partial charge in [-0.1, -0.05) is 17.7 Å². The van der Waals surface area contributed by atoms with E-state index in [1.807, 2.05) is 6.07 Å². The lowest BCUT2D eigenvalue weighted by Gasteiger charge is -2.21. The number of nitriles is 1. The second-order valence-electron chi connectivity index (χ2n) is 7.53. The molecule has 0 amide bonds. The third-order valence-electron chi connectivity index (χ3n) is 5.08. The molecule has 3 N–H and O–H groups in total. The Bertz CT molecular complexity index is 1560. The highest BCUT2D eigenvalue weighted by molar-refractivity contribution is 6.35. The van der Waals surface area contributed by atoms with Gasteiger partial charge in [-0.2, -0.15) is 18.4 Å². The number of pyridine rings is 1. The van der Waals surface area contributed by atoms with Gasteiger partial charge in [-0.15, -0.1) is 0 Å². The van der Waals surface area contributed by atoms with Gasteiger partial charge in [-0.3, -0.25) is 14.3 Å². The van der Waals surface area contributed by atoms with Crippen molar-refractivity contribution in [1.29, 1.82) is 5.26 Å². The number of fused-ring (bicyclic) bond motifs is 1. The van der Waals surface area contributed by atoms with E-state index in [-0.39, 0.29) is 50.5 Å². The fourth-order valence-electron chi connectivity index (χ4n) is 3.53. The van der Waals surface area contributed by atoms with Crippen molar-refractivity contribution in [3.63, 3.8) is 0 Å². The summed E-state index contributed by atoms with van der Waals surface area (Å²) >= 11 is 6.23. The Morgan fingerprint density at radius 1 is 1.23 bits per heavy atom. The molecule has 3 heterocycles. The van der Waals surface area contributed by atoms with E-state index in [2.05, 4.69) is 25.3 Å². The highest BCUT2D eigenvalue weighted by Gasteiger charge is 2.32. The van der Waals surface area contributed by atoms with Crippen molar-refractivity contribution < 1.29 is 13.2 Å². The van der Waals surface area contributed by atoms with E-state index in [1.54, 1.807) is 26.0 Å². The zero-order valence-electron chi connectivity index (χ0n) is 18.2. The molecule has 35 heavy (non-hydrogen) atoms. The zero-order chi connectivity index (χ0) is 25.5. The zero-order valence-corrected chi connectivity index (χ0v) is 19.0. The number of nitrogens with zero attached hydrogens (tertiary/aromatic N) is 6. The van der Waals surface area contributed by atoms with Gasteiger partial charge in [-0.25, -0.2) is 15.0 Å². The minimum atomic E-state index is -4.68. The summed E-state index contributed by atoms with van der Waals surface area (Å²) in [6.45, 7) is 3.18. The van der Waals surface area contributed by atoms with E-state index in [0.717, 1.165) is 16.8 Å². The minimum absolute atomic E-state index is 0.0269. The van der Waals surface area contributed by atoms with Crippen molar-refractivity contribution in [3.05, 3.63) is 74.8 Å². The third-order valence-corrected chi connectivity index (χ3v) is 5.40. The molecule has 4 rings (SSSR count). The number of nitrogens with two attached hydrogens (primary N) is 1. The summed E-state index contributed by atoms with van der Waals surface area (Å²) in [5.41, 5.74) is 4.14. The van der Waals surface area contributed by atoms with E-state index in [4.69, 9.17) is 17.3 Å². The van der Waals surface area contributed by atoms with Crippen LogP contribution in [0.15, 0.2) is 41.5 Å². The lowest BCUT2D eigenvalue weighted by Crippen LogP contribution is -2.28. The van der Waals surface area contributed by atoms with Crippen LogP contribution in [0.5, 0.6) is 0 Å². The Morgan fingerprint density at radius 3 is 2.66 bits per heavy atom. The first kappa shape index (κ1) is 23.9. The van der Waals surface area contributed by atoms with E-state index in [0.29, 0.717) is 6.20 Å². The van der Waals surface area contributed by atoms with Gasteiger partial charge in [0.25, 0.3) is 5.56 Å². The minimum Gasteiger partial charge on any atom is -0.382 e. The van der Waals surface area contributed by atoms with Crippen LogP contribution in [-0.4, -0.2) is 24.5 Å². The molecule has 0 radical (unpaired) electrons. The van der Waals surface area contributed by atoms with E-state index >= 15 is 0 Å². The molecule has 0 aliphatic carbocycles. The van der Waals surface area contributed by atoms with Gasteiger partial charge in [0.15, 0.2) is 5.82 Å². The molecule has 0 bridgehead atoms. The molecule has 1 aromatic carbocycles. The van der Waals surface area contributed by atoms with Crippen molar-refractivity contribution in [2.75, 3.05) is 11.1 Å². The van der Waals surface area contributed by atoms with Gasteiger partial charge < -0.3 is 11.1 Å². The van der Waals surface area contributed by atoms with Crippen molar-refractivity contribution in [3.8, 4) is 11.8 Å². The number of rotatable bonds is 4. The predicted molar refractivity (Wildman–Crippen MR) is 123 cm³/mol. The van der Waals surface area contributed by atoms with Gasteiger partial charge in [0.05, 0.1) is 39.4 Å². The molecule has 4 aromatic rings. The van der Waals surface area contributed by atoms with E-state index in [9.17, 15) is 23.2 Å². The van der Waals surface area contributed by atoms with Crippen molar-refractivity contribution in [2.24, 2.45) is 0 Å². The van der Waals surface area contributed by atoms with Crippen LogP contribution < -0.4 is 16.6 Å². The second kappa shape index (κ2) is 8.84. The lowest BCUT2D eigenvalue weighted by atomic mass is 10.2. The molecule has 0 fully saturated rings. The van der Waals surface area contributed by atoms with Crippen molar-refractivity contribution in [1.82, 2.24) is 24.5 Å². The highest BCUT2D eigenvalue weighted by atomic mass is 35.5.